The largest absolute Gasteiger partial charge is 0.493 e. The molecule has 0 saturated carbocycles. The van der Waals surface area contributed by atoms with Crippen molar-refractivity contribution in [2.24, 2.45) is 5.10 Å². The van der Waals surface area contributed by atoms with Gasteiger partial charge in [0.1, 0.15) is 6.61 Å². The van der Waals surface area contributed by atoms with Crippen molar-refractivity contribution >= 4 is 41.2 Å². The van der Waals surface area contributed by atoms with E-state index in [-0.39, 0.29) is 13.2 Å². The molecule has 9 heteroatoms. The molecular weight excluding hydrogens is 477 g/mol. The van der Waals surface area contributed by atoms with Crippen LogP contribution in [0.4, 0.5) is 0 Å². The lowest BCUT2D eigenvalue weighted by Gasteiger charge is -2.13. The van der Waals surface area contributed by atoms with Crippen LogP contribution in [0.2, 0.25) is 10.0 Å². The van der Waals surface area contributed by atoms with Crippen molar-refractivity contribution in [1.82, 2.24) is 10.7 Å². The van der Waals surface area contributed by atoms with E-state index in [0.29, 0.717) is 32.7 Å². The van der Waals surface area contributed by atoms with Crippen LogP contribution in [0.3, 0.4) is 0 Å². The van der Waals surface area contributed by atoms with E-state index in [4.69, 9.17) is 32.7 Å². The van der Waals surface area contributed by atoms with Crippen molar-refractivity contribution in [2.75, 3.05) is 7.11 Å². The highest BCUT2D eigenvalue weighted by atomic mass is 35.5. The molecule has 0 aliphatic heterocycles. The number of nitrogens with zero attached hydrogens (tertiary/aromatic N) is 1. The van der Waals surface area contributed by atoms with Crippen LogP contribution in [0.25, 0.3) is 0 Å². The maximum Gasteiger partial charge on any atom is 0.329 e. The number of halogens is 2. The second-order valence-electron chi connectivity index (χ2n) is 7.27. The number of benzene rings is 3. The Labute approximate surface area is 207 Å². The second-order valence-corrected chi connectivity index (χ2v) is 8.08. The SMILES string of the molecule is COc1cc(/C=N\NC(=O)C(=O)NCc2ccc(C)cc2)ccc1OCc1c(Cl)cccc1Cl. The van der Waals surface area contributed by atoms with Crippen LogP contribution in [0.5, 0.6) is 11.5 Å². The van der Waals surface area contributed by atoms with E-state index >= 15 is 0 Å². The summed E-state index contributed by atoms with van der Waals surface area (Å²) in [5.41, 5.74) is 5.50. The van der Waals surface area contributed by atoms with E-state index < -0.39 is 11.8 Å². The zero-order chi connectivity index (χ0) is 24.5. The molecule has 7 nitrogen and oxygen atoms in total. The number of aryl methyl sites for hydroxylation is 1. The molecule has 0 radical (unpaired) electrons. The third-order valence-corrected chi connectivity index (χ3v) is 5.49. The number of carbonyl (C=O) groups is 2. The van der Waals surface area contributed by atoms with Gasteiger partial charge in [-0.1, -0.05) is 59.1 Å². The monoisotopic (exact) mass is 499 g/mol. The summed E-state index contributed by atoms with van der Waals surface area (Å²) in [4.78, 5) is 23.9. The Morgan fingerprint density at radius 2 is 1.68 bits per heavy atom. The molecule has 0 spiro atoms. The van der Waals surface area contributed by atoms with Crippen molar-refractivity contribution in [2.45, 2.75) is 20.1 Å². The van der Waals surface area contributed by atoms with Gasteiger partial charge in [-0.25, -0.2) is 5.43 Å². The van der Waals surface area contributed by atoms with Gasteiger partial charge in [0.15, 0.2) is 11.5 Å². The number of hydrazone groups is 1. The van der Waals surface area contributed by atoms with Crippen molar-refractivity contribution < 1.29 is 19.1 Å². The molecule has 0 fully saturated rings. The number of amides is 2. The highest BCUT2D eigenvalue weighted by Crippen LogP contribution is 2.31. The Morgan fingerprint density at radius 3 is 2.35 bits per heavy atom. The molecule has 3 aromatic carbocycles. The molecule has 3 aromatic rings. The van der Waals surface area contributed by atoms with Gasteiger partial charge in [0.25, 0.3) is 0 Å². The summed E-state index contributed by atoms with van der Waals surface area (Å²) < 4.78 is 11.2. The Morgan fingerprint density at radius 1 is 0.971 bits per heavy atom. The van der Waals surface area contributed by atoms with Crippen LogP contribution < -0.4 is 20.2 Å². The highest BCUT2D eigenvalue weighted by molar-refractivity contribution is 6.36. The molecule has 0 bridgehead atoms. The fourth-order valence-corrected chi connectivity index (χ4v) is 3.40. The van der Waals surface area contributed by atoms with Gasteiger partial charge < -0.3 is 14.8 Å². The van der Waals surface area contributed by atoms with E-state index in [1.54, 1.807) is 36.4 Å². The van der Waals surface area contributed by atoms with Crippen LogP contribution in [0, 0.1) is 6.92 Å². The molecule has 0 saturated heterocycles. The van der Waals surface area contributed by atoms with Gasteiger partial charge in [0, 0.05) is 22.2 Å². The topological polar surface area (TPSA) is 89.0 Å². The Balaban J connectivity index is 1.54. The van der Waals surface area contributed by atoms with Gasteiger partial charge in [-0.3, -0.25) is 9.59 Å². The van der Waals surface area contributed by atoms with Gasteiger partial charge in [-0.05, 0) is 48.4 Å². The number of rotatable bonds is 8. The van der Waals surface area contributed by atoms with Crippen LogP contribution in [-0.2, 0) is 22.7 Å². The smallest absolute Gasteiger partial charge is 0.329 e. The van der Waals surface area contributed by atoms with E-state index in [2.05, 4.69) is 15.8 Å². The van der Waals surface area contributed by atoms with E-state index in [1.165, 1.54) is 13.3 Å². The zero-order valence-corrected chi connectivity index (χ0v) is 20.1. The van der Waals surface area contributed by atoms with Gasteiger partial charge in [-0.2, -0.15) is 5.10 Å². The van der Waals surface area contributed by atoms with E-state index in [9.17, 15) is 9.59 Å². The minimum absolute atomic E-state index is 0.163. The fourth-order valence-electron chi connectivity index (χ4n) is 2.89. The minimum atomic E-state index is -0.869. The fraction of sp³-hybridized carbons (Fsp3) is 0.160. The normalized spacial score (nSPS) is 10.7. The summed E-state index contributed by atoms with van der Waals surface area (Å²) in [6, 6.07) is 18.0. The summed E-state index contributed by atoms with van der Waals surface area (Å²) in [5.74, 6) is -0.714. The van der Waals surface area contributed by atoms with Crippen LogP contribution in [-0.4, -0.2) is 25.1 Å². The third kappa shape index (κ3) is 6.97. The van der Waals surface area contributed by atoms with E-state index in [0.717, 1.165) is 11.1 Å². The second kappa shape index (κ2) is 12.1. The number of hydrogen-bond acceptors (Lipinski definition) is 5. The van der Waals surface area contributed by atoms with Crippen molar-refractivity contribution in [3.8, 4) is 11.5 Å². The predicted molar refractivity (Wildman–Crippen MR) is 133 cm³/mol. The number of methoxy groups -OCH3 is 1. The van der Waals surface area contributed by atoms with Crippen LogP contribution >= 0.6 is 23.2 Å². The molecule has 0 atom stereocenters. The molecule has 2 amide bonds. The van der Waals surface area contributed by atoms with Crippen molar-refractivity contribution in [1.29, 1.82) is 0 Å². The van der Waals surface area contributed by atoms with E-state index in [1.807, 2.05) is 31.2 Å². The van der Waals surface area contributed by atoms with Gasteiger partial charge in [-0.15, -0.1) is 0 Å². The molecule has 34 heavy (non-hydrogen) atoms. The molecule has 0 unspecified atom stereocenters. The predicted octanol–water partition coefficient (Wildman–Crippen LogP) is 4.66. The zero-order valence-electron chi connectivity index (χ0n) is 18.6. The number of carbonyl (C=O) groups excluding carboxylic acids is 2. The molecule has 0 aliphatic carbocycles. The number of hydrogen-bond donors (Lipinski definition) is 2. The first-order chi connectivity index (χ1) is 16.4. The Bertz CT molecular complexity index is 1180. The average Bonchev–Trinajstić information content (AvgIpc) is 2.83. The lowest BCUT2D eigenvalue weighted by atomic mass is 10.1. The Hall–Kier alpha value is -3.55. The van der Waals surface area contributed by atoms with Gasteiger partial charge in [0.05, 0.1) is 13.3 Å². The molecule has 0 aliphatic rings. The van der Waals surface area contributed by atoms with Gasteiger partial charge >= 0.3 is 11.8 Å². The first-order valence-electron chi connectivity index (χ1n) is 10.3. The molecule has 0 aromatic heterocycles. The molecular formula is C25H23Cl2N3O4. The molecule has 0 heterocycles. The summed E-state index contributed by atoms with van der Waals surface area (Å²) in [6.07, 6.45) is 1.39. The first kappa shape index (κ1) is 25.1. The summed E-state index contributed by atoms with van der Waals surface area (Å²) in [6.45, 7) is 2.38. The molecule has 176 valence electrons. The maximum absolute atomic E-state index is 12.0. The van der Waals surface area contributed by atoms with Gasteiger partial charge in [0.2, 0.25) is 0 Å². The summed E-state index contributed by atoms with van der Waals surface area (Å²) in [5, 5.41) is 7.40. The number of ether oxygens (including phenoxy) is 2. The number of nitrogens with one attached hydrogen (secondary N) is 2. The molecule has 2 N–H and O–H groups in total. The lowest BCUT2D eigenvalue weighted by molar-refractivity contribution is -0.139. The molecule has 3 rings (SSSR count). The lowest BCUT2D eigenvalue weighted by Crippen LogP contribution is -2.37. The van der Waals surface area contributed by atoms with Crippen LogP contribution in [0.1, 0.15) is 22.3 Å². The third-order valence-electron chi connectivity index (χ3n) is 4.78. The standard InChI is InChI=1S/C25H23Cl2N3O4/c1-16-6-8-17(9-7-16)13-28-24(31)25(32)30-29-14-18-10-11-22(23(12-18)33-2)34-15-19-20(26)4-3-5-21(19)27/h3-12,14H,13,15H2,1-2H3,(H,28,31)(H,30,32)/b29-14-. The summed E-state index contributed by atoms with van der Waals surface area (Å²) in [7, 11) is 1.51. The van der Waals surface area contributed by atoms with Crippen molar-refractivity contribution in [3.05, 3.63) is 93.0 Å². The quantitative estimate of drug-likeness (QED) is 0.268. The highest BCUT2D eigenvalue weighted by Gasteiger charge is 2.12. The van der Waals surface area contributed by atoms with Crippen molar-refractivity contribution in [3.63, 3.8) is 0 Å². The average molecular weight is 500 g/mol. The first-order valence-corrected chi connectivity index (χ1v) is 11.0. The maximum atomic E-state index is 12.0. The minimum Gasteiger partial charge on any atom is -0.493 e. The van der Waals surface area contributed by atoms with Crippen LogP contribution in [0.15, 0.2) is 65.8 Å². The summed E-state index contributed by atoms with van der Waals surface area (Å²) >= 11 is 12.4. The Kier molecular flexibility index (Phi) is 8.90.